The molecule has 70 valence electrons. The van der Waals surface area contributed by atoms with E-state index < -0.39 is 30.1 Å². The first-order chi connectivity index (χ1) is 5.45. The van der Waals surface area contributed by atoms with Gasteiger partial charge in [-0.25, -0.2) is 9.59 Å². The SMILES string of the molecule is CC(=O)C(=O)OCC(=O)C(=O)O.[NaH].[NaH]. The molecule has 1 N–H and O–H groups in total. The fraction of sp³-hybridized carbons (Fsp3) is 0.333. The molecule has 0 heterocycles. The summed E-state index contributed by atoms with van der Waals surface area (Å²) < 4.78 is 4.01. The fourth-order valence-electron chi connectivity index (χ4n) is 0.294. The minimum atomic E-state index is -1.70. The third kappa shape index (κ3) is 8.86. The van der Waals surface area contributed by atoms with E-state index in [9.17, 15) is 19.2 Å². The Morgan fingerprint density at radius 1 is 1.14 bits per heavy atom. The second kappa shape index (κ2) is 9.82. The first kappa shape index (κ1) is 19.8. The molecule has 0 aromatic carbocycles. The second-order valence-corrected chi connectivity index (χ2v) is 1.86. The molecule has 0 rings (SSSR count). The topological polar surface area (TPSA) is 97.7 Å². The van der Waals surface area contributed by atoms with Crippen LogP contribution in [0, 0.1) is 0 Å². The van der Waals surface area contributed by atoms with E-state index in [0.717, 1.165) is 6.92 Å². The number of esters is 1. The van der Waals surface area contributed by atoms with Crippen molar-refractivity contribution < 1.29 is 29.0 Å². The van der Waals surface area contributed by atoms with Crippen molar-refractivity contribution in [2.24, 2.45) is 0 Å². The molecule has 8 heteroatoms. The Bertz CT molecular complexity index is 223. The van der Waals surface area contributed by atoms with Crippen LogP contribution in [-0.4, -0.2) is 94.3 Å². The van der Waals surface area contributed by atoms with Gasteiger partial charge in [0.05, 0.1) is 0 Å². The van der Waals surface area contributed by atoms with E-state index in [1.807, 2.05) is 0 Å². The van der Waals surface area contributed by atoms with Gasteiger partial charge in [-0.05, 0) is 0 Å². The third-order valence-electron chi connectivity index (χ3n) is 0.860. The number of carboxylic acids is 1. The Morgan fingerprint density at radius 2 is 1.57 bits per heavy atom. The van der Waals surface area contributed by atoms with Crippen molar-refractivity contribution in [1.29, 1.82) is 0 Å². The van der Waals surface area contributed by atoms with Gasteiger partial charge < -0.3 is 9.84 Å². The van der Waals surface area contributed by atoms with Crippen molar-refractivity contribution in [3.8, 4) is 0 Å². The summed E-state index contributed by atoms with van der Waals surface area (Å²) in [5, 5.41) is 8.01. The number of ketones is 2. The van der Waals surface area contributed by atoms with Crippen LogP contribution < -0.4 is 0 Å². The average Bonchev–Trinajstić information content (AvgIpc) is 1.98. The van der Waals surface area contributed by atoms with Crippen LogP contribution in [0.3, 0.4) is 0 Å². The zero-order chi connectivity index (χ0) is 9.72. The molecule has 0 saturated carbocycles. The molecule has 0 aromatic rings. The summed E-state index contributed by atoms with van der Waals surface area (Å²) in [5.74, 6) is -5.08. The molecule has 0 bridgehead atoms. The molecule has 0 aliphatic rings. The van der Waals surface area contributed by atoms with Crippen LogP contribution in [0.4, 0.5) is 0 Å². The maximum absolute atomic E-state index is 10.4. The zero-order valence-corrected chi connectivity index (χ0v) is 6.20. The summed E-state index contributed by atoms with van der Waals surface area (Å²) in [4.78, 5) is 40.7. The van der Waals surface area contributed by atoms with Crippen molar-refractivity contribution in [3.05, 3.63) is 0 Å². The van der Waals surface area contributed by atoms with Gasteiger partial charge in [0, 0.05) is 6.92 Å². The van der Waals surface area contributed by atoms with E-state index in [-0.39, 0.29) is 59.1 Å². The summed E-state index contributed by atoms with van der Waals surface area (Å²) in [6.45, 7) is 0.0430. The monoisotopic (exact) mass is 222 g/mol. The predicted octanol–water partition coefficient (Wildman–Crippen LogP) is -2.52. The number of carbonyl (C=O) groups is 4. The third-order valence-corrected chi connectivity index (χ3v) is 0.860. The summed E-state index contributed by atoms with van der Waals surface area (Å²) in [5.41, 5.74) is 0. The Balaban J connectivity index is -0.000000605. The summed E-state index contributed by atoms with van der Waals surface area (Å²) in [6, 6.07) is 0. The number of carboxylic acid groups (broad SMARTS) is 1. The normalized spacial score (nSPS) is 7.50. The van der Waals surface area contributed by atoms with Gasteiger partial charge in [-0.1, -0.05) is 0 Å². The molecule has 14 heavy (non-hydrogen) atoms. The van der Waals surface area contributed by atoms with E-state index in [0.29, 0.717) is 0 Å². The Labute approximate surface area is 124 Å². The number of hydrogen-bond donors (Lipinski definition) is 1. The fourth-order valence-corrected chi connectivity index (χ4v) is 0.294. The van der Waals surface area contributed by atoms with Crippen LogP contribution in [0.5, 0.6) is 0 Å². The summed E-state index contributed by atoms with van der Waals surface area (Å²) in [6.07, 6.45) is 0. The molecule has 0 fully saturated rings. The van der Waals surface area contributed by atoms with E-state index in [4.69, 9.17) is 5.11 Å². The molecule has 0 atom stereocenters. The summed E-state index contributed by atoms with van der Waals surface area (Å²) in [7, 11) is 0. The quantitative estimate of drug-likeness (QED) is 0.320. The molecule has 0 amide bonds. The van der Waals surface area contributed by atoms with Crippen molar-refractivity contribution >= 4 is 82.6 Å². The number of aliphatic carboxylic acids is 1. The van der Waals surface area contributed by atoms with E-state index >= 15 is 0 Å². The molecular formula is C6H8Na2O6. The molecule has 0 saturated heterocycles. The van der Waals surface area contributed by atoms with Crippen molar-refractivity contribution in [2.45, 2.75) is 6.92 Å². The number of carbonyl (C=O) groups excluding carboxylic acids is 3. The standard InChI is InChI=1S/C6H6O6.2Na.2H/c1-3(7)6(11)12-2-4(8)5(9)10;;;;/h2H2,1H3,(H,9,10);;;;. The molecule has 6 nitrogen and oxygen atoms in total. The van der Waals surface area contributed by atoms with Crippen LogP contribution in [0.15, 0.2) is 0 Å². The van der Waals surface area contributed by atoms with Crippen LogP contribution in [0.1, 0.15) is 6.92 Å². The van der Waals surface area contributed by atoms with Gasteiger partial charge in [-0.15, -0.1) is 0 Å². The number of Topliss-reactive ketones (excluding diaryl/α,β-unsaturated/α-hetero) is 2. The van der Waals surface area contributed by atoms with Gasteiger partial charge in [0.15, 0.2) is 6.61 Å². The summed E-state index contributed by atoms with van der Waals surface area (Å²) >= 11 is 0. The predicted molar refractivity (Wildman–Crippen MR) is 48.6 cm³/mol. The first-order valence-corrected chi connectivity index (χ1v) is 2.89. The van der Waals surface area contributed by atoms with Crippen LogP contribution in [-0.2, 0) is 23.9 Å². The Hall–Kier alpha value is 0.280. The second-order valence-electron chi connectivity index (χ2n) is 1.86. The average molecular weight is 222 g/mol. The molecule has 0 radical (unpaired) electrons. The van der Waals surface area contributed by atoms with E-state index in [2.05, 4.69) is 4.74 Å². The van der Waals surface area contributed by atoms with E-state index in [1.165, 1.54) is 0 Å². The van der Waals surface area contributed by atoms with Crippen molar-refractivity contribution in [2.75, 3.05) is 6.61 Å². The van der Waals surface area contributed by atoms with Crippen LogP contribution in [0.25, 0.3) is 0 Å². The van der Waals surface area contributed by atoms with Crippen molar-refractivity contribution in [3.63, 3.8) is 0 Å². The number of ether oxygens (including phenoxy) is 1. The molecule has 0 unspecified atom stereocenters. The maximum atomic E-state index is 10.4. The Morgan fingerprint density at radius 3 is 1.86 bits per heavy atom. The minimum absolute atomic E-state index is 0. The van der Waals surface area contributed by atoms with Gasteiger partial charge in [0.25, 0.3) is 5.78 Å². The van der Waals surface area contributed by atoms with Gasteiger partial charge >= 0.3 is 71.1 Å². The number of rotatable bonds is 4. The Kier molecular flexibility index (Phi) is 13.9. The molecular weight excluding hydrogens is 214 g/mol. The van der Waals surface area contributed by atoms with Crippen molar-refractivity contribution in [1.82, 2.24) is 0 Å². The van der Waals surface area contributed by atoms with Crippen LogP contribution >= 0.6 is 0 Å². The van der Waals surface area contributed by atoms with Crippen LogP contribution in [0.2, 0.25) is 0 Å². The molecule has 0 aliphatic heterocycles. The first-order valence-electron chi connectivity index (χ1n) is 2.89. The van der Waals surface area contributed by atoms with Gasteiger partial charge in [0.2, 0.25) is 5.78 Å². The molecule has 0 aliphatic carbocycles. The molecule has 0 aromatic heterocycles. The zero-order valence-electron chi connectivity index (χ0n) is 6.20. The van der Waals surface area contributed by atoms with Gasteiger partial charge in [-0.2, -0.15) is 0 Å². The van der Waals surface area contributed by atoms with Gasteiger partial charge in [0.1, 0.15) is 0 Å². The van der Waals surface area contributed by atoms with Gasteiger partial charge in [-0.3, -0.25) is 9.59 Å². The molecule has 0 spiro atoms. The van der Waals surface area contributed by atoms with E-state index in [1.54, 1.807) is 0 Å². The number of hydrogen-bond acceptors (Lipinski definition) is 5.